The number of nitrogens with one attached hydrogen (secondary N) is 1. The van der Waals surface area contributed by atoms with Crippen molar-refractivity contribution in [2.45, 2.75) is 45.6 Å². The van der Waals surface area contributed by atoms with Gasteiger partial charge in [0.2, 0.25) is 0 Å². The van der Waals surface area contributed by atoms with Gasteiger partial charge in [-0.2, -0.15) is 0 Å². The molecule has 0 saturated heterocycles. The molecule has 2 aromatic rings. The van der Waals surface area contributed by atoms with Gasteiger partial charge in [-0.15, -0.1) is 21.5 Å². The number of rotatable bonds is 4. The molecule has 1 aliphatic rings. The van der Waals surface area contributed by atoms with E-state index in [0.29, 0.717) is 6.04 Å². The Morgan fingerprint density at radius 2 is 2.11 bits per heavy atom. The molecule has 0 aromatic carbocycles. The fourth-order valence-corrected chi connectivity index (χ4v) is 4.66. The minimum absolute atomic E-state index is 0.297. The zero-order valence-electron chi connectivity index (χ0n) is 11.4. The van der Waals surface area contributed by atoms with Crippen molar-refractivity contribution in [3.63, 3.8) is 0 Å². The summed E-state index contributed by atoms with van der Waals surface area (Å²) < 4.78 is 0. The molecule has 3 rings (SSSR count). The lowest BCUT2D eigenvalue weighted by Crippen LogP contribution is -2.17. The molecule has 0 amide bonds. The second-order valence-corrected chi connectivity index (χ2v) is 7.14. The summed E-state index contributed by atoms with van der Waals surface area (Å²) in [5.41, 5.74) is 1.54. The van der Waals surface area contributed by atoms with E-state index in [2.05, 4.69) is 35.4 Å². The largest absolute Gasteiger partial charge is 0.308 e. The van der Waals surface area contributed by atoms with E-state index in [0.717, 1.165) is 16.6 Å². The van der Waals surface area contributed by atoms with E-state index >= 15 is 0 Å². The standard InChI is InChI=1S/C14H19N3S2/c1-3-15-9(2)13-16-17-14(19-13)12-8-10-6-4-5-7-11(10)18-12/h8-9,15H,3-7H2,1-2H3. The number of aryl methyl sites for hydroxylation is 2. The first-order chi connectivity index (χ1) is 9.28. The van der Waals surface area contributed by atoms with Crippen LogP contribution in [0.25, 0.3) is 9.88 Å². The van der Waals surface area contributed by atoms with Crippen LogP contribution in [0, 0.1) is 0 Å². The molecule has 0 saturated carbocycles. The van der Waals surface area contributed by atoms with Gasteiger partial charge in [-0.1, -0.05) is 18.3 Å². The Kier molecular flexibility index (Phi) is 3.96. The van der Waals surface area contributed by atoms with Crippen molar-refractivity contribution >= 4 is 22.7 Å². The minimum Gasteiger partial charge on any atom is -0.308 e. The fourth-order valence-electron chi connectivity index (χ4n) is 2.50. The van der Waals surface area contributed by atoms with Gasteiger partial charge in [0.05, 0.1) is 10.9 Å². The molecule has 102 valence electrons. The lowest BCUT2D eigenvalue weighted by molar-refractivity contribution is 0.590. The van der Waals surface area contributed by atoms with Crippen molar-refractivity contribution in [1.82, 2.24) is 15.5 Å². The maximum Gasteiger partial charge on any atom is 0.157 e. The van der Waals surface area contributed by atoms with Gasteiger partial charge in [0.1, 0.15) is 5.01 Å². The third kappa shape index (κ3) is 2.73. The molecule has 19 heavy (non-hydrogen) atoms. The average Bonchev–Trinajstić information content (AvgIpc) is 3.05. The first-order valence-electron chi connectivity index (χ1n) is 6.96. The molecule has 3 nitrogen and oxygen atoms in total. The van der Waals surface area contributed by atoms with E-state index in [-0.39, 0.29) is 0 Å². The second-order valence-electron chi connectivity index (χ2n) is 4.99. The molecule has 0 fully saturated rings. The Balaban J connectivity index is 1.84. The zero-order valence-corrected chi connectivity index (χ0v) is 13.0. The topological polar surface area (TPSA) is 37.8 Å². The van der Waals surface area contributed by atoms with Crippen LogP contribution in [0.4, 0.5) is 0 Å². The third-order valence-corrected chi connectivity index (χ3v) is 6.04. The van der Waals surface area contributed by atoms with Crippen molar-refractivity contribution in [3.05, 3.63) is 21.5 Å². The van der Waals surface area contributed by atoms with Crippen LogP contribution < -0.4 is 5.32 Å². The van der Waals surface area contributed by atoms with Gasteiger partial charge in [-0.25, -0.2) is 0 Å². The SMILES string of the molecule is CCNC(C)c1nnc(-c2cc3c(s2)CCCC3)s1. The summed E-state index contributed by atoms with van der Waals surface area (Å²) in [4.78, 5) is 2.87. The van der Waals surface area contributed by atoms with Gasteiger partial charge in [-0.3, -0.25) is 0 Å². The Morgan fingerprint density at radius 3 is 2.89 bits per heavy atom. The summed E-state index contributed by atoms with van der Waals surface area (Å²) in [7, 11) is 0. The van der Waals surface area contributed by atoms with E-state index in [1.54, 1.807) is 21.8 Å². The fraction of sp³-hybridized carbons (Fsp3) is 0.571. The van der Waals surface area contributed by atoms with Crippen LogP contribution in [0.2, 0.25) is 0 Å². The van der Waals surface area contributed by atoms with Crippen molar-refractivity contribution < 1.29 is 0 Å². The molecule has 0 bridgehead atoms. The predicted molar refractivity (Wildman–Crippen MR) is 82.0 cm³/mol. The lowest BCUT2D eigenvalue weighted by Gasteiger charge is -2.08. The summed E-state index contributed by atoms with van der Waals surface area (Å²) in [6.45, 7) is 5.22. The Bertz CT molecular complexity index is 535. The maximum atomic E-state index is 4.37. The average molecular weight is 293 g/mol. The molecule has 5 heteroatoms. The molecule has 1 aliphatic carbocycles. The lowest BCUT2D eigenvalue weighted by atomic mass is 9.99. The number of aromatic nitrogens is 2. The summed E-state index contributed by atoms with van der Waals surface area (Å²) in [6.07, 6.45) is 5.17. The molecule has 2 aromatic heterocycles. The van der Waals surface area contributed by atoms with Crippen molar-refractivity contribution in [1.29, 1.82) is 0 Å². The van der Waals surface area contributed by atoms with Crippen LogP contribution in [0.1, 0.15) is 48.2 Å². The van der Waals surface area contributed by atoms with Crippen LogP contribution in [-0.2, 0) is 12.8 Å². The Morgan fingerprint density at radius 1 is 1.26 bits per heavy atom. The highest BCUT2D eigenvalue weighted by atomic mass is 32.1. The van der Waals surface area contributed by atoms with Gasteiger partial charge in [0.15, 0.2) is 5.01 Å². The molecule has 1 N–H and O–H groups in total. The van der Waals surface area contributed by atoms with Crippen LogP contribution in [0.5, 0.6) is 0 Å². The smallest absolute Gasteiger partial charge is 0.157 e. The first-order valence-corrected chi connectivity index (χ1v) is 8.60. The summed E-state index contributed by atoms with van der Waals surface area (Å²) >= 11 is 3.64. The van der Waals surface area contributed by atoms with E-state index < -0.39 is 0 Å². The first kappa shape index (κ1) is 13.2. The molecule has 1 unspecified atom stereocenters. The van der Waals surface area contributed by atoms with E-state index in [9.17, 15) is 0 Å². The number of nitrogens with zero attached hydrogens (tertiary/aromatic N) is 2. The zero-order chi connectivity index (χ0) is 13.2. The molecular formula is C14H19N3S2. The highest BCUT2D eigenvalue weighted by Crippen LogP contribution is 2.37. The predicted octanol–water partition coefficient (Wildman–Crippen LogP) is 3.82. The normalized spacial score (nSPS) is 16.3. The van der Waals surface area contributed by atoms with E-state index in [4.69, 9.17) is 0 Å². The van der Waals surface area contributed by atoms with Gasteiger partial charge in [0.25, 0.3) is 0 Å². The molecule has 2 heterocycles. The second kappa shape index (κ2) is 5.69. The van der Waals surface area contributed by atoms with E-state index in [1.807, 2.05) is 11.3 Å². The van der Waals surface area contributed by atoms with Crippen molar-refractivity contribution in [2.24, 2.45) is 0 Å². The maximum absolute atomic E-state index is 4.37. The van der Waals surface area contributed by atoms with Crippen LogP contribution >= 0.6 is 22.7 Å². The molecule has 1 atom stereocenters. The molecule has 0 aliphatic heterocycles. The van der Waals surface area contributed by atoms with Gasteiger partial charge >= 0.3 is 0 Å². The molecular weight excluding hydrogens is 274 g/mol. The van der Waals surface area contributed by atoms with E-state index in [1.165, 1.54) is 30.6 Å². The minimum atomic E-state index is 0.297. The summed E-state index contributed by atoms with van der Waals surface area (Å²) in [6, 6.07) is 2.63. The van der Waals surface area contributed by atoms with Gasteiger partial charge < -0.3 is 5.32 Å². The number of hydrogen-bond donors (Lipinski definition) is 1. The number of fused-ring (bicyclic) bond motifs is 1. The summed E-state index contributed by atoms with van der Waals surface area (Å²) in [5, 5.41) is 14.3. The third-order valence-electron chi connectivity index (χ3n) is 3.53. The van der Waals surface area contributed by atoms with Crippen LogP contribution in [-0.4, -0.2) is 16.7 Å². The van der Waals surface area contributed by atoms with Gasteiger partial charge in [0, 0.05) is 4.88 Å². The molecule has 0 spiro atoms. The Hall–Kier alpha value is -0.780. The Labute approximate surface area is 122 Å². The number of hydrogen-bond acceptors (Lipinski definition) is 5. The quantitative estimate of drug-likeness (QED) is 0.931. The summed E-state index contributed by atoms with van der Waals surface area (Å²) in [5.74, 6) is 0. The van der Waals surface area contributed by atoms with Crippen LogP contribution in [0.15, 0.2) is 6.07 Å². The monoisotopic (exact) mass is 293 g/mol. The van der Waals surface area contributed by atoms with Gasteiger partial charge in [-0.05, 0) is 50.8 Å². The highest BCUT2D eigenvalue weighted by Gasteiger charge is 2.17. The molecule has 0 radical (unpaired) electrons. The van der Waals surface area contributed by atoms with Crippen molar-refractivity contribution in [3.8, 4) is 9.88 Å². The van der Waals surface area contributed by atoms with Crippen molar-refractivity contribution in [2.75, 3.05) is 6.54 Å². The van der Waals surface area contributed by atoms with Crippen LogP contribution in [0.3, 0.4) is 0 Å². The number of thiophene rings is 1. The highest BCUT2D eigenvalue weighted by molar-refractivity contribution is 7.21.